The first-order valence-corrected chi connectivity index (χ1v) is 12.5. The number of aromatic nitrogens is 6. The summed E-state index contributed by atoms with van der Waals surface area (Å²) in [5, 5.41) is 19.3. The molecule has 0 aliphatic carbocycles. The highest BCUT2D eigenvalue weighted by atomic mass is 16.5. The summed E-state index contributed by atoms with van der Waals surface area (Å²) < 4.78 is 13.6. The molecule has 10 heteroatoms. The Balaban J connectivity index is 1.35. The van der Waals surface area contributed by atoms with E-state index in [9.17, 15) is 4.79 Å². The smallest absolute Gasteiger partial charge is 0.246 e. The minimum Gasteiger partial charge on any atom is -0.486 e. The molecule has 1 amide bonds. The molecule has 0 fully saturated rings. The number of aryl methyl sites for hydroxylation is 2. The topological polar surface area (TPSA) is 115 Å². The van der Waals surface area contributed by atoms with Crippen LogP contribution in [-0.2, 0) is 30.9 Å². The van der Waals surface area contributed by atoms with Crippen LogP contribution in [0.2, 0.25) is 0 Å². The van der Waals surface area contributed by atoms with E-state index in [1.165, 1.54) is 0 Å². The number of furan rings is 1. The van der Waals surface area contributed by atoms with Gasteiger partial charge in [0, 0.05) is 31.9 Å². The molecule has 192 valence electrons. The van der Waals surface area contributed by atoms with Gasteiger partial charge in [-0.25, -0.2) is 0 Å². The molecule has 0 radical (unpaired) electrons. The van der Waals surface area contributed by atoms with Gasteiger partial charge in [0.2, 0.25) is 11.7 Å². The number of H-pyrrole nitrogens is 1. The lowest BCUT2D eigenvalue weighted by molar-refractivity contribution is -0.126. The fourth-order valence-electron chi connectivity index (χ4n) is 4.34. The number of carbonyl (C=O) groups excluding carboxylic acids is 1. The molecule has 10 nitrogen and oxygen atoms in total. The van der Waals surface area contributed by atoms with E-state index in [1.807, 2.05) is 34.7 Å². The van der Waals surface area contributed by atoms with E-state index in [1.54, 1.807) is 24.5 Å². The zero-order valence-corrected chi connectivity index (χ0v) is 21.3. The number of amides is 1. The monoisotopic (exact) mass is 501 g/mol. The summed E-state index contributed by atoms with van der Waals surface area (Å²) in [6.45, 7) is 8.77. The maximum absolute atomic E-state index is 12.8. The van der Waals surface area contributed by atoms with Crippen molar-refractivity contribution in [2.75, 3.05) is 6.54 Å². The van der Waals surface area contributed by atoms with Gasteiger partial charge in [-0.15, -0.1) is 10.2 Å². The van der Waals surface area contributed by atoms with Gasteiger partial charge in [0.05, 0.1) is 11.8 Å². The molecule has 37 heavy (non-hydrogen) atoms. The second-order valence-corrected chi connectivity index (χ2v) is 9.70. The van der Waals surface area contributed by atoms with Crippen molar-refractivity contribution in [2.45, 2.75) is 53.3 Å². The van der Waals surface area contributed by atoms with Crippen LogP contribution in [0.3, 0.4) is 0 Å². The number of hydrogen-bond acceptors (Lipinski definition) is 7. The summed E-state index contributed by atoms with van der Waals surface area (Å²) in [5.41, 5.74) is 4.91. The van der Waals surface area contributed by atoms with Gasteiger partial charge in [-0.2, -0.15) is 10.3 Å². The first kappa shape index (κ1) is 24.5. The summed E-state index contributed by atoms with van der Waals surface area (Å²) in [6.07, 6.45) is 8.68. The third kappa shape index (κ3) is 5.79. The number of ether oxygens (including phenoxy) is 1. The van der Waals surface area contributed by atoms with E-state index < -0.39 is 0 Å². The lowest BCUT2D eigenvalue weighted by Crippen LogP contribution is -2.34. The molecule has 1 aliphatic heterocycles. The molecule has 1 N–H and O–H groups in total. The van der Waals surface area contributed by atoms with Crippen LogP contribution in [0.1, 0.15) is 48.4 Å². The van der Waals surface area contributed by atoms with Crippen molar-refractivity contribution in [3.8, 4) is 17.1 Å². The molecule has 0 bridgehead atoms. The van der Waals surface area contributed by atoms with Gasteiger partial charge >= 0.3 is 0 Å². The Kier molecular flexibility index (Phi) is 7.16. The van der Waals surface area contributed by atoms with Crippen LogP contribution < -0.4 is 4.74 Å². The summed E-state index contributed by atoms with van der Waals surface area (Å²) in [6, 6.07) is 7.64. The maximum Gasteiger partial charge on any atom is 0.246 e. The van der Waals surface area contributed by atoms with Crippen molar-refractivity contribution in [3.05, 3.63) is 70.9 Å². The van der Waals surface area contributed by atoms with Crippen LogP contribution in [0.15, 0.2) is 47.2 Å². The van der Waals surface area contributed by atoms with E-state index in [0.717, 1.165) is 47.3 Å². The van der Waals surface area contributed by atoms with Crippen LogP contribution in [-0.4, -0.2) is 47.8 Å². The molecule has 1 aromatic carbocycles. The van der Waals surface area contributed by atoms with E-state index in [0.29, 0.717) is 42.9 Å². The van der Waals surface area contributed by atoms with Gasteiger partial charge in [0.1, 0.15) is 23.8 Å². The number of nitrogens with one attached hydrogen (secondary N) is 1. The fourth-order valence-corrected chi connectivity index (χ4v) is 4.34. The van der Waals surface area contributed by atoms with Gasteiger partial charge in [-0.05, 0) is 77.9 Å². The van der Waals surface area contributed by atoms with Crippen molar-refractivity contribution in [1.29, 1.82) is 0 Å². The Morgan fingerprint density at radius 2 is 2.19 bits per heavy atom. The SMILES string of the molecule is Cc1cn(CCC(C)C)nc1COc1cc2c(cc1-c1nn[nH]n1)CCN(C(=O)/C=C/c1ccco1)C2. The van der Waals surface area contributed by atoms with E-state index >= 15 is 0 Å². The molecule has 1 aliphatic rings. The zero-order chi connectivity index (χ0) is 25.8. The van der Waals surface area contributed by atoms with Gasteiger partial charge in [-0.1, -0.05) is 13.8 Å². The van der Waals surface area contributed by atoms with Crippen LogP contribution in [0, 0.1) is 12.8 Å². The van der Waals surface area contributed by atoms with Crippen LogP contribution in [0.5, 0.6) is 5.75 Å². The van der Waals surface area contributed by atoms with Crippen molar-refractivity contribution in [3.63, 3.8) is 0 Å². The summed E-state index contributed by atoms with van der Waals surface area (Å²) >= 11 is 0. The lowest BCUT2D eigenvalue weighted by Gasteiger charge is -2.29. The standard InChI is InChI=1S/C27H31N7O3/c1-18(2)8-11-34-15-19(3)24(30-34)17-37-25-14-21-16-33(26(35)7-6-22-5-4-12-36-22)10-9-20(21)13-23(25)27-28-31-32-29-27/h4-7,12-15,18H,8-11,16-17H2,1-3H3,(H,28,29,31,32)/b7-6+. The highest BCUT2D eigenvalue weighted by Gasteiger charge is 2.23. The third-order valence-electron chi connectivity index (χ3n) is 6.49. The molecular weight excluding hydrogens is 470 g/mol. The number of carbonyl (C=O) groups is 1. The molecular formula is C27H31N7O3. The predicted molar refractivity (Wildman–Crippen MR) is 137 cm³/mol. The summed E-state index contributed by atoms with van der Waals surface area (Å²) in [4.78, 5) is 14.6. The number of aromatic amines is 1. The van der Waals surface area contributed by atoms with Gasteiger partial charge in [0.25, 0.3) is 0 Å². The second-order valence-electron chi connectivity index (χ2n) is 9.70. The van der Waals surface area contributed by atoms with E-state index in [2.05, 4.69) is 40.7 Å². The Labute approximate surface area is 215 Å². The normalized spacial score (nSPS) is 13.5. The molecule has 0 saturated heterocycles. The van der Waals surface area contributed by atoms with Crippen LogP contribution >= 0.6 is 0 Å². The lowest BCUT2D eigenvalue weighted by atomic mass is 9.96. The Bertz CT molecular complexity index is 1370. The molecule has 3 aromatic heterocycles. The largest absolute Gasteiger partial charge is 0.486 e. The fraction of sp³-hybridized carbons (Fsp3) is 0.370. The first-order chi connectivity index (χ1) is 18.0. The highest BCUT2D eigenvalue weighted by molar-refractivity contribution is 5.91. The molecule has 0 saturated carbocycles. The van der Waals surface area contributed by atoms with Gasteiger partial charge in [-0.3, -0.25) is 9.48 Å². The molecule has 4 aromatic rings. The minimum atomic E-state index is -0.0608. The van der Waals surface area contributed by atoms with E-state index in [4.69, 9.17) is 14.3 Å². The van der Waals surface area contributed by atoms with Crippen LogP contribution in [0.25, 0.3) is 17.5 Å². The third-order valence-corrected chi connectivity index (χ3v) is 6.49. The second kappa shape index (κ2) is 10.8. The number of benzene rings is 1. The molecule has 0 unspecified atom stereocenters. The van der Waals surface area contributed by atoms with Crippen molar-refractivity contribution >= 4 is 12.0 Å². The first-order valence-electron chi connectivity index (χ1n) is 12.5. The maximum atomic E-state index is 12.8. The van der Waals surface area contributed by atoms with Crippen molar-refractivity contribution < 1.29 is 13.9 Å². The van der Waals surface area contributed by atoms with E-state index in [-0.39, 0.29) is 5.91 Å². The number of rotatable bonds is 9. The Morgan fingerprint density at radius 3 is 2.95 bits per heavy atom. The Morgan fingerprint density at radius 1 is 1.30 bits per heavy atom. The quantitative estimate of drug-likeness (QED) is 0.342. The van der Waals surface area contributed by atoms with Crippen LogP contribution in [0.4, 0.5) is 0 Å². The Hall–Kier alpha value is -4.21. The number of nitrogens with zero attached hydrogens (tertiary/aromatic N) is 6. The number of tetrazole rings is 1. The average molecular weight is 502 g/mol. The summed E-state index contributed by atoms with van der Waals surface area (Å²) in [7, 11) is 0. The molecule has 4 heterocycles. The number of hydrogen-bond donors (Lipinski definition) is 1. The molecule has 0 spiro atoms. The van der Waals surface area contributed by atoms with Crippen molar-refractivity contribution in [2.24, 2.45) is 5.92 Å². The van der Waals surface area contributed by atoms with Crippen molar-refractivity contribution in [1.82, 2.24) is 35.3 Å². The highest BCUT2D eigenvalue weighted by Crippen LogP contribution is 2.34. The predicted octanol–water partition coefficient (Wildman–Crippen LogP) is 4.19. The molecule has 5 rings (SSSR count). The zero-order valence-electron chi connectivity index (χ0n) is 21.3. The minimum absolute atomic E-state index is 0.0608. The molecule has 0 atom stereocenters. The summed E-state index contributed by atoms with van der Waals surface area (Å²) in [5.74, 6) is 2.31. The van der Waals surface area contributed by atoms with Gasteiger partial charge < -0.3 is 14.1 Å². The number of fused-ring (bicyclic) bond motifs is 1. The van der Waals surface area contributed by atoms with Gasteiger partial charge in [0.15, 0.2) is 0 Å². The average Bonchev–Trinajstić information content (AvgIpc) is 3.67.